The van der Waals surface area contributed by atoms with Crippen LogP contribution in [0.5, 0.6) is 17.2 Å². The highest BCUT2D eigenvalue weighted by atomic mass is 16.7. The van der Waals surface area contributed by atoms with Gasteiger partial charge in [-0.05, 0) is 41.8 Å². The van der Waals surface area contributed by atoms with Gasteiger partial charge in [0.1, 0.15) is 5.75 Å². The molecule has 7 nitrogen and oxygen atoms in total. The van der Waals surface area contributed by atoms with Crippen molar-refractivity contribution in [2.45, 2.75) is 38.8 Å². The maximum absolute atomic E-state index is 13.5. The van der Waals surface area contributed by atoms with E-state index in [0.717, 1.165) is 35.5 Å². The van der Waals surface area contributed by atoms with Crippen molar-refractivity contribution in [3.63, 3.8) is 0 Å². The normalized spacial score (nSPS) is 19.3. The maximum atomic E-state index is 13.5. The molecule has 2 aliphatic heterocycles. The Morgan fingerprint density at radius 2 is 1.91 bits per heavy atom. The van der Waals surface area contributed by atoms with Crippen LogP contribution < -0.4 is 14.2 Å². The zero-order chi connectivity index (χ0) is 22.7. The number of likely N-dealkylation sites (tertiary alicyclic amines) is 1. The Morgan fingerprint density at radius 3 is 2.62 bits per heavy atom. The minimum absolute atomic E-state index is 0.0316. The molecule has 1 fully saturated rings. The molecule has 1 saturated heterocycles. The molecule has 0 radical (unpaired) electrons. The van der Waals surface area contributed by atoms with Crippen LogP contribution in [-0.2, 0) is 16.1 Å². The quantitative estimate of drug-likeness (QED) is 0.628. The van der Waals surface area contributed by atoms with E-state index in [-0.39, 0.29) is 31.1 Å². The van der Waals surface area contributed by atoms with Gasteiger partial charge in [0.2, 0.25) is 18.6 Å². The fourth-order valence-electron chi connectivity index (χ4n) is 4.49. The molecule has 2 amide bonds. The highest BCUT2D eigenvalue weighted by Gasteiger charge is 2.45. The van der Waals surface area contributed by atoms with Gasteiger partial charge in [-0.2, -0.15) is 0 Å². The second kappa shape index (κ2) is 9.51. The molecule has 0 bridgehead atoms. The summed E-state index contributed by atoms with van der Waals surface area (Å²) in [6, 6.07) is 13.1. The number of ether oxygens (including phenoxy) is 3. The molecule has 2 atom stereocenters. The number of fused-ring (bicyclic) bond motifs is 1. The van der Waals surface area contributed by atoms with Gasteiger partial charge in [0, 0.05) is 26.6 Å². The van der Waals surface area contributed by atoms with Gasteiger partial charge in [-0.1, -0.05) is 31.5 Å². The van der Waals surface area contributed by atoms with Crippen molar-refractivity contribution in [1.29, 1.82) is 0 Å². The van der Waals surface area contributed by atoms with E-state index in [0.29, 0.717) is 18.8 Å². The Kier molecular flexibility index (Phi) is 6.53. The van der Waals surface area contributed by atoms with Crippen molar-refractivity contribution >= 4 is 11.8 Å². The zero-order valence-electron chi connectivity index (χ0n) is 18.9. The summed E-state index contributed by atoms with van der Waals surface area (Å²) >= 11 is 0. The lowest BCUT2D eigenvalue weighted by Gasteiger charge is -2.30. The lowest BCUT2D eigenvalue weighted by Crippen LogP contribution is -2.37. The third-order valence-electron chi connectivity index (χ3n) is 6.19. The molecule has 7 heteroatoms. The molecule has 0 aliphatic carbocycles. The molecule has 32 heavy (non-hydrogen) atoms. The fraction of sp³-hybridized carbons (Fsp3) is 0.440. The molecule has 2 aromatic rings. The van der Waals surface area contributed by atoms with Crippen LogP contribution in [0.3, 0.4) is 0 Å². The Hall–Kier alpha value is -3.22. The minimum atomic E-state index is -0.424. The summed E-state index contributed by atoms with van der Waals surface area (Å²) in [6.45, 7) is 3.41. The van der Waals surface area contributed by atoms with Crippen LogP contribution in [0, 0.1) is 5.92 Å². The third kappa shape index (κ3) is 4.38. The lowest BCUT2D eigenvalue weighted by atomic mass is 9.92. The number of amides is 2. The zero-order valence-corrected chi connectivity index (χ0v) is 18.9. The summed E-state index contributed by atoms with van der Waals surface area (Å²) in [5.41, 5.74) is 1.92. The number of methoxy groups -OCH3 is 1. The second-order valence-electron chi connectivity index (χ2n) is 8.35. The topological polar surface area (TPSA) is 68.3 Å². The van der Waals surface area contributed by atoms with Crippen molar-refractivity contribution in [1.82, 2.24) is 9.80 Å². The summed E-state index contributed by atoms with van der Waals surface area (Å²) in [7, 11) is 3.41. The molecular formula is C25H30N2O5. The number of nitrogens with zero attached hydrogens (tertiary/aromatic N) is 2. The molecule has 0 unspecified atom stereocenters. The van der Waals surface area contributed by atoms with Crippen molar-refractivity contribution in [2.24, 2.45) is 5.92 Å². The first kappa shape index (κ1) is 22.0. The standard InChI is InChI=1S/C25H30N2O5/c1-4-5-12-27-23(28)14-20(24(27)18-7-9-19(30-3)10-8-18)25(29)26(2)15-17-6-11-21-22(13-17)32-16-31-21/h6-11,13,20,24H,4-5,12,14-16H2,1-3H3/t20-,24+/m0/s1. The summed E-state index contributed by atoms with van der Waals surface area (Å²) in [6.07, 6.45) is 2.12. The first-order chi connectivity index (χ1) is 15.5. The molecule has 170 valence electrons. The molecule has 0 spiro atoms. The van der Waals surface area contributed by atoms with E-state index in [9.17, 15) is 9.59 Å². The van der Waals surface area contributed by atoms with Gasteiger partial charge in [-0.3, -0.25) is 9.59 Å². The minimum Gasteiger partial charge on any atom is -0.497 e. The molecule has 2 heterocycles. The van der Waals surface area contributed by atoms with Gasteiger partial charge in [-0.25, -0.2) is 0 Å². The smallest absolute Gasteiger partial charge is 0.231 e. The van der Waals surface area contributed by atoms with Crippen molar-refractivity contribution < 1.29 is 23.8 Å². The Balaban J connectivity index is 1.55. The predicted molar refractivity (Wildman–Crippen MR) is 120 cm³/mol. The molecule has 2 aromatic carbocycles. The van der Waals surface area contributed by atoms with Crippen LogP contribution in [0.25, 0.3) is 0 Å². The number of unbranched alkanes of at least 4 members (excludes halogenated alkanes) is 1. The molecule has 0 aromatic heterocycles. The SMILES string of the molecule is CCCCN1C(=O)C[C@H](C(=O)N(C)Cc2ccc3c(c2)OCO3)[C@H]1c1ccc(OC)cc1. The fourth-order valence-corrected chi connectivity index (χ4v) is 4.49. The first-order valence-electron chi connectivity index (χ1n) is 11.1. The van der Waals surface area contributed by atoms with Gasteiger partial charge >= 0.3 is 0 Å². The van der Waals surface area contributed by atoms with Crippen LogP contribution in [-0.4, -0.2) is 49.1 Å². The van der Waals surface area contributed by atoms with E-state index in [4.69, 9.17) is 14.2 Å². The van der Waals surface area contributed by atoms with Crippen molar-refractivity contribution in [3.8, 4) is 17.2 Å². The van der Waals surface area contributed by atoms with E-state index in [1.807, 2.05) is 47.4 Å². The van der Waals surface area contributed by atoms with Crippen LogP contribution >= 0.6 is 0 Å². The number of rotatable bonds is 8. The van der Waals surface area contributed by atoms with Gasteiger partial charge in [0.15, 0.2) is 11.5 Å². The third-order valence-corrected chi connectivity index (χ3v) is 6.19. The summed E-state index contributed by atoms with van der Waals surface area (Å²) in [5.74, 6) is 1.74. The van der Waals surface area contributed by atoms with Gasteiger partial charge < -0.3 is 24.0 Å². The molecule has 2 aliphatic rings. The van der Waals surface area contributed by atoms with Gasteiger partial charge in [0.25, 0.3) is 0 Å². The van der Waals surface area contributed by atoms with Crippen LogP contribution in [0.15, 0.2) is 42.5 Å². The summed E-state index contributed by atoms with van der Waals surface area (Å²) in [4.78, 5) is 30.0. The predicted octanol–water partition coefficient (Wildman–Crippen LogP) is 3.77. The molecule has 4 rings (SSSR count). The number of hydrogen-bond donors (Lipinski definition) is 0. The summed E-state index contributed by atoms with van der Waals surface area (Å²) in [5, 5.41) is 0. The second-order valence-corrected chi connectivity index (χ2v) is 8.35. The molecule has 0 saturated carbocycles. The molecular weight excluding hydrogens is 408 g/mol. The van der Waals surface area contributed by atoms with Crippen molar-refractivity contribution in [3.05, 3.63) is 53.6 Å². The van der Waals surface area contributed by atoms with Crippen LogP contribution in [0.2, 0.25) is 0 Å². The van der Waals surface area contributed by atoms with E-state index in [2.05, 4.69) is 6.92 Å². The average molecular weight is 439 g/mol. The average Bonchev–Trinajstić information content (AvgIpc) is 3.40. The highest BCUT2D eigenvalue weighted by molar-refractivity contribution is 5.90. The number of hydrogen-bond acceptors (Lipinski definition) is 5. The first-order valence-corrected chi connectivity index (χ1v) is 11.1. The van der Waals surface area contributed by atoms with Gasteiger partial charge in [0.05, 0.1) is 19.1 Å². The monoisotopic (exact) mass is 438 g/mol. The summed E-state index contributed by atoms with van der Waals surface area (Å²) < 4.78 is 16.1. The van der Waals surface area contributed by atoms with Crippen molar-refractivity contribution in [2.75, 3.05) is 27.5 Å². The number of carbonyl (C=O) groups excluding carboxylic acids is 2. The Morgan fingerprint density at radius 1 is 1.16 bits per heavy atom. The van der Waals surface area contributed by atoms with Gasteiger partial charge in [-0.15, -0.1) is 0 Å². The van der Waals surface area contributed by atoms with E-state index >= 15 is 0 Å². The highest BCUT2D eigenvalue weighted by Crippen LogP contribution is 2.40. The van der Waals surface area contributed by atoms with E-state index < -0.39 is 5.92 Å². The Bertz CT molecular complexity index is 975. The van der Waals surface area contributed by atoms with Crippen LogP contribution in [0.4, 0.5) is 0 Å². The maximum Gasteiger partial charge on any atom is 0.231 e. The number of benzene rings is 2. The molecule has 0 N–H and O–H groups in total. The van der Waals surface area contributed by atoms with Crippen LogP contribution in [0.1, 0.15) is 43.4 Å². The lowest BCUT2D eigenvalue weighted by molar-refractivity contribution is -0.135. The van der Waals surface area contributed by atoms with E-state index in [1.54, 1.807) is 19.1 Å². The number of carbonyl (C=O) groups is 2. The largest absolute Gasteiger partial charge is 0.497 e. The van der Waals surface area contributed by atoms with E-state index in [1.165, 1.54) is 0 Å². The Labute approximate surface area is 188 Å².